The molecular weight excluding hydrogens is 447 g/mol. The van der Waals surface area contributed by atoms with Crippen LogP contribution in [0.2, 0.25) is 10.3 Å². The molecule has 3 N–H and O–H groups in total. The van der Waals surface area contributed by atoms with Crippen molar-refractivity contribution in [3.05, 3.63) is 64.4 Å². The second kappa shape index (κ2) is 7.84. The minimum absolute atomic E-state index is 0.0481. The molecule has 0 spiro atoms. The second-order valence-corrected chi connectivity index (χ2v) is 8.84. The maximum absolute atomic E-state index is 11.4. The van der Waals surface area contributed by atoms with Crippen molar-refractivity contribution < 1.29 is 8.42 Å². The van der Waals surface area contributed by atoms with Gasteiger partial charge in [0.1, 0.15) is 11.5 Å². The number of nitrogens with one attached hydrogen (secondary N) is 1. The van der Waals surface area contributed by atoms with Gasteiger partial charge >= 0.3 is 0 Å². The number of sulfonamides is 1. The van der Waals surface area contributed by atoms with Gasteiger partial charge in [-0.25, -0.2) is 18.2 Å². The molecule has 2 aromatic heterocycles. The topological polar surface area (TPSA) is 116 Å². The third-order valence-electron chi connectivity index (χ3n) is 4.50. The fraction of sp³-hybridized carbons (Fsp3) is 0.105. The van der Waals surface area contributed by atoms with Crippen molar-refractivity contribution in [1.82, 2.24) is 19.7 Å². The minimum Gasteiger partial charge on any atom is -0.365 e. The molecule has 0 saturated carbocycles. The summed E-state index contributed by atoms with van der Waals surface area (Å²) in [5, 5.41) is 14.2. The van der Waals surface area contributed by atoms with Gasteiger partial charge in [-0.3, -0.25) is 0 Å². The predicted octanol–water partition coefficient (Wildman–Crippen LogP) is 3.60. The first-order chi connectivity index (χ1) is 14.2. The summed E-state index contributed by atoms with van der Waals surface area (Å²) < 4.78 is 24.5. The molecule has 0 atom stereocenters. The molecule has 11 heteroatoms. The highest BCUT2D eigenvalue weighted by molar-refractivity contribution is 7.89. The molecule has 30 heavy (non-hydrogen) atoms. The zero-order chi connectivity index (χ0) is 21.5. The first kappa shape index (κ1) is 20.5. The summed E-state index contributed by atoms with van der Waals surface area (Å²) >= 11 is 12.5. The molecule has 0 unspecified atom stereocenters. The summed E-state index contributed by atoms with van der Waals surface area (Å²) in [6.07, 6.45) is 0. The van der Waals surface area contributed by atoms with E-state index >= 15 is 0 Å². The molecule has 8 nitrogen and oxygen atoms in total. The molecule has 0 amide bonds. The van der Waals surface area contributed by atoms with E-state index in [4.69, 9.17) is 28.3 Å². The molecule has 0 aliphatic heterocycles. The highest BCUT2D eigenvalue weighted by Crippen LogP contribution is 2.35. The van der Waals surface area contributed by atoms with Gasteiger partial charge in [0.25, 0.3) is 0 Å². The fourth-order valence-electron chi connectivity index (χ4n) is 3.07. The van der Waals surface area contributed by atoms with Gasteiger partial charge in [-0.1, -0.05) is 41.9 Å². The molecule has 0 radical (unpaired) electrons. The van der Waals surface area contributed by atoms with E-state index in [9.17, 15) is 8.42 Å². The van der Waals surface area contributed by atoms with Crippen molar-refractivity contribution in [2.45, 2.75) is 11.4 Å². The molecule has 0 fully saturated rings. The van der Waals surface area contributed by atoms with Crippen LogP contribution in [0.25, 0.3) is 22.3 Å². The third kappa shape index (κ3) is 3.97. The van der Waals surface area contributed by atoms with E-state index in [0.717, 1.165) is 11.1 Å². The van der Waals surface area contributed by atoms with E-state index in [1.54, 1.807) is 29.9 Å². The zero-order valence-electron chi connectivity index (χ0n) is 15.7. The Kier molecular flexibility index (Phi) is 5.37. The van der Waals surface area contributed by atoms with Gasteiger partial charge in [0.05, 0.1) is 15.3 Å². The van der Waals surface area contributed by atoms with Gasteiger partial charge in [-0.15, -0.1) is 0 Å². The van der Waals surface area contributed by atoms with Crippen LogP contribution in [0.5, 0.6) is 0 Å². The summed E-state index contributed by atoms with van der Waals surface area (Å²) in [5.41, 5.74) is 2.75. The molecule has 2 heterocycles. The van der Waals surface area contributed by atoms with Gasteiger partial charge in [-0.05, 0) is 35.4 Å². The highest BCUT2D eigenvalue weighted by Gasteiger charge is 2.20. The number of benzene rings is 2. The number of aryl methyl sites for hydroxylation is 1. The predicted molar refractivity (Wildman–Crippen MR) is 117 cm³/mol. The molecule has 0 bridgehead atoms. The normalized spacial score (nSPS) is 11.7. The standard InChI is InChI=1S/C19H16Cl2N6O2S/c1-27-18-15(16(26-27)13-4-2-3-5-14(13)20)17(24-19(21)25-18)23-10-11-6-8-12(9-7-11)30(22,28)29/h2-9H,10H2,1H3,(H2,22,28,29)(H,23,24,25). The van der Waals surface area contributed by atoms with Crippen molar-refractivity contribution in [2.75, 3.05) is 5.32 Å². The second-order valence-electron chi connectivity index (χ2n) is 6.53. The first-order valence-electron chi connectivity index (χ1n) is 8.75. The number of anilines is 1. The van der Waals surface area contributed by atoms with E-state index in [0.29, 0.717) is 34.1 Å². The molecule has 154 valence electrons. The highest BCUT2D eigenvalue weighted by atomic mass is 35.5. The van der Waals surface area contributed by atoms with E-state index in [1.165, 1.54) is 12.1 Å². The average molecular weight is 463 g/mol. The molecule has 4 rings (SSSR count). The number of aromatic nitrogens is 4. The summed E-state index contributed by atoms with van der Waals surface area (Å²) in [6, 6.07) is 13.6. The largest absolute Gasteiger partial charge is 0.365 e. The Morgan fingerprint density at radius 3 is 2.43 bits per heavy atom. The van der Waals surface area contributed by atoms with Crippen LogP contribution < -0.4 is 10.5 Å². The van der Waals surface area contributed by atoms with Crippen molar-refractivity contribution in [3.63, 3.8) is 0 Å². The van der Waals surface area contributed by atoms with Crippen LogP contribution in [-0.2, 0) is 23.6 Å². The lowest BCUT2D eigenvalue weighted by Crippen LogP contribution is -2.12. The number of nitrogens with two attached hydrogens (primary N) is 1. The first-order valence-corrected chi connectivity index (χ1v) is 11.0. The Morgan fingerprint density at radius 2 is 1.77 bits per heavy atom. The number of nitrogens with zero attached hydrogens (tertiary/aromatic N) is 4. The molecule has 0 aliphatic carbocycles. The Bertz CT molecular complexity index is 1350. The lowest BCUT2D eigenvalue weighted by atomic mass is 10.1. The number of hydrogen-bond donors (Lipinski definition) is 2. The number of fused-ring (bicyclic) bond motifs is 1. The molecule has 4 aromatic rings. The maximum Gasteiger partial charge on any atom is 0.238 e. The summed E-state index contributed by atoms with van der Waals surface area (Å²) in [7, 11) is -1.98. The maximum atomic E-state index is 11.4. The molecule has 0 saturated heterocycles. The molecule has 2 aromatic carbocycles. The van der Waals surface area contributed by atoms with Crippen molar-refractivity contribution >= 4 is 50.1 Å². The summed E-state index contributed by atoms with van der Waals surface area (Å²) in [6.45, 7) is 0.365. The molecule has 0 aliphatic rings. The third-order valence-corrected chi connectivity index (χ3v) is 5.92. The monoisotopic (exact) mass is 462 g/mol. The quantitative estimate of drug-likeness (QED) is 0.437. The van der Waals surface area contributed by atoms with Crippen molar-refractivity contribution in [1.29, 1.82) is 0 Å². The summed E-state index contributed by atoms with van der Waals surface area (Å²) in [5.74, 6) is 0.489. The zero-order valence-corrected chi connectivity index (χ0v) is 18.0. The van der Waals surface area contributed by atoms with Crippen molar-refractivity contribution in [3.8, 4) is 11.3 Å². The minimum atomic E-state index is -3.74. The Hall–Kier alpha value is -2.72. The van der Waals surface area contributed by atoms with Gasteiger partial charge < -0.3 is 5.32 Å². The Balaban J connectivity index is 1.75. The lowest BCUT2D eigenvalue weighted by molar-refractivity contribution is 0.598. The Labute approximate surface area is 182 Å². The lowest BCUT2D eigenvalue weighted by Gasteiger charge is -2.09. The van der Waals surface area contributed by atoms with Crippen LogP contribution >= 0.6 is 23.2 Å². The van der Waals surface area contributed by atoms with Crippen LogP contribution in [0.4, 0.5) is 5.82 Å². The van der Waals surface area contributed by atoms with E-state index < -0.39 is 10.0 Å². The van der Waals surface area contributed by atoms with Crippen molar-refractivity contribution in [2.24, 2.45) is 12.2 Å². The number of hydrogen-bond acceptors (Lipinski definition) is 6. The van der Waals surface area contributed by atoms with Gasteiger partial charge in [0.2, 0.25) is 15.3 Å². The van der Waals surface area contributed by atoms with Crippen LogP contribution in [0.3, 0.4) is 0 Å². The fourth-order valence-corrected chi connectivity index (χ4v) is 3.98. The van der Waals surface area contributed by atoms with Crippen LogP contribution in [-0.4, -0.2) is 28.2 Å². The van der Waals surface area contributed by atoms with E-state index in [-0.39, 0.29) is 10.2 Å². The van der Waals surface area contributed by atoms with Gasteiger partial charge in [0, 0.05) is 19.2 Å². The summed E-state index contributed by atoms with van der Waals surface area (Å²) in [4.78, 5) is 8.68. The van der Waals surface area contributed by atoms with Gasteiger partial charge in [-0.2, -0.15) is 15.1 Å². The Morgan fingerprint density at radius 1 is 1.07 bits per heavy atom. The van der Waals surface area contributed by atoms with E-state index in [2.05, 4.69) is 20.4 Å². The van der Waals surface area contributed by atoms with Crippen LogP contribution in [0.1, 0.15) is 5.56 Å². The van der Waals surface area contributed by atoms with E-state index in [1.807, 2.05) is 18.2 Å². The number of halogens is 2. The van der Waals surface area contributed by atoms with Crippen LogP contribution in [0, 0.1) is 0 Å². The number of primary sulfonamides is 1. The SMILES string of the molecule is Cn1nc(-c2ccccc2Cl)c2c(NCc3ccc(S(N)(=O)=O)cc3)nc(Cl)nc21. The smallest absolute Gasteiger partial charge is 0.238 e. The van der Waals surface area contributed by atoms with Gasteiger partial charge in [0.15, 0.2) is 5.65 Å². The average Bonchev–Trinajstić information content (AvgIpc) is 3.02. The van der Waals surface area contributed by atoms with Crippen LogP contribution in [0.15, 0.2) is 53.4 Å². The number of rotatable bonds is 5. The molecular formula is C19H16Cl2N6O2S.